The van der Waals surface area contributed by atoms with Crippen molar-refractivity contribution in [3.05, 3.63) is 35.4 Å². The van der Waals surface area contributed by atoms with Gasteiger partial charge >= 0.3 is 5.97 Å². The van der Waals surface area contributed by atoms with E-state index in [1.165, 1.54) is 0 Å². The topological polar surface area (TPSA) is 74.7 Å². The van der Waals surface area contributed by atoms with E-state index in [0.717, 1.165) is 24.8 Å². The Morgan fingerprint density at radius 3 is 2.75 bits per heavy atom. The summed E-state index contributed by atoms with van der Waals surface area (Å²) in [5, 5.41) is 8.94. The third-order valence-electron chi connectivity index (χ3n) is 5.20. The molecular formula is C19H23NO4. The molecule has 1 saturated heterocycles. The number of aliphatic carboxylic acids is 1. The zero-order valence-corrected chi connectivity index (χ0v) is 13.7. The summed E-state index contributed by atoms with van der Waals surface area (Å²) < 4.78 is 0. The molecule has 1 aliphatic heterocycles. The first kappa shape index (κ1) is 16.7. The van der Waals surface area contributed by atoms with Gasteiger partial charge in [-0.1, -0.05) is 24.3 Å². The van der Waals surface area contributed by atoms with E-state index in [1.54, 1.807) is 6.07 Å². The molecular weight excluding hydrogens is 306 g/mol. The van der Waals surface area contributed by atoms with E-state index in [-0.39, 0.29) is 30.1 Å². The maximum atomic E-state index is 13.1. The third kappa shape index (κ3) is 3.35. The summed E-state index contributed by atoms with van der Waals surface area (Å²) in [7, 11) is 0. The van der Waals surface area contributed by atoms with Gasteiger partial charge in [0.2, 0.25) is 5.91 Å². The van der Waals surface area contributed by atoms with E-state index in [9.17, 15) is 14.4 Å². The van der Waals surface area contributed by atoms with Gasteiger partial charge in [0.25, 0.3) is 0 Å². The lowest BCUT2D eigenvalue weighted by Crippen LogP contribution is -2.46. The second-order valence-corrected chi connectivity index (χ2v) is 6.72. The number of hydrogen-bond donors (Lipinski definition) is 1. The summed E-state index contributed by atoms with van der Waals surface area (Å²) in [6.07, 6.45) is 4.42. The Hall–Kier alpha value is -2.17. The van der Waals surface area contributed by atoms with Gasteiger partial charge in [-0.05, 0) is 37.7 Å². The number of likely N-dealkylation sites (tertiary alicyclic amines) is 1. The number of carbonyl (C=O) groups excluding carboxylic acids is 2. The first-order chi connectivity index (χ1) is 11.6. The standard InChI is InChI=1S/C19H23NO4/c21-17-10-9-16(14-6-1-2-7-15(14)17)19(24)20-12-4-3-5-13(20)8-11-18(22)23/h1-2,6-7,13,16H,3-5,8-12H2,(H,22,23). The number of amides is 1. The second-order valence-electron chi connectivity index (χ2n) is 6.72. The highest BCUT2D eigenvalue weighted by molar-refractivity contribution is 6.01. The van der Waals surface area contributed by atoms with E-state index < -0.39 is 5.97 Å². The lowest BCUT2D eigenvalue weighted by molar-refractivity contribution is -0.140. The monoisotopic (exact) mass is 329 g/mol. The van der Waals surface area contributed by atoms with E-state index in [4.69, 9.17) is 5.11 Å². The fourth-order valence-electron chi connectivity index (χ4n) is 3.96. The normalized spacial score (nSPS) is 23.7. The molecule has 5 nitrogen and oxygen atoms in total. The van der Waals surface area contributed by atoms with Crippen LogP contribution in [0.4, 0.5) is 0 Å². The molecule has 1 amide bonds. The highest BCUT2D eigenvalue weighted by Crippen LogP contribution is 2.35. The van der Waals surface area contributed by atoms with E-state index in [0.29, 0.717) is 31.4 Å². The van der Waals surface area contributed by atoms with Crippen LogP contribution in [0.1, 0.15) is 66.8 Å². The van der Waals surface area contributed by atoms with Crippen LogP contribution >= 0.6 is 0 Å². The Kier molecular flexibility index (Phi) is 4.97. The molecule has 1 fully saturated rings. The van der Waals surface area contributed by atoms with Gasteiger partial charge in [-0.2, -0.15) is 0 Å². The molecule has 5 heteroatoms. The lowest BCUT2D eigenvalue weighted by Gasteiger charge is -2.39. The van der Waals surface area contributed by atoms with Gasteiger partial charge in [-0.15, -0.1) is 0 Å². The number of Topliss-reactive ketones (excluding diaryl/α,β-unsaturated/α-hetero) is 1. The minimum Gasteiger partial charge on any atom is -0.481 e. The number of rotatable bonds is 4. The number of carbonyl (C=O) groups is 3. The molecule has 0 aromatic heterocycles. The number of carboxylic acids is 1. The van der Waals surface area contributed by atoms with Crippen molar-refractivity contribution in [2.45, 2.75) is 56.9 Å². The van der Waals surface area contributed by atoms with Crippen molar-refractivity contribution >= 4 is 17.7 Å². The number of piperidine rings is 1. The van der Waals surface area contributed by atoms with Crippen LogP contribution in [0.15, 0.2) is 24.3 Å². The van der Waals surface area contributed by atoms with Gasteiger partial charge in [0.1, 0.15) is 0 Å². The summed E-state index contributed by atoms with van der Waals surface area (Å²) in [5.74, 6) is -0.924. The zero-order valence-electron chi connectivity index (χ0n) is 13.7. The van der Waals surface area contributed by atoms with Crippen LogP contribution in [0.5, 0.6) is 0 Å². The minimum absolute atomic E-state index is 0.00661. The van der Waals surface area contributed by atoms with Crippen LogP contribution in [-0.2, 0) is 9.59 Å². The van der Waals surface area contributed by atoms with E-state index >= 15 is 0 Å². The van der Waals surface area contributed by atoms with Crippen LogP contribution in [0.25, 0.3) is 0 Å². The molecule has 0 radical (unpaired) electrons. The molecule has 2 unspecified atom stereocenters. The zero-order chi connectivity index (χ0) is 17.1. The molecule has 128 valence electrons. The minimum atomic E-state index is -0.818. The molecule has 3 rings (SSSR count). The van der Waals surface area contributed by atoms with Gasteiger partial charge in [0.15, 0.2) is 5.78 Å². The molecule has 2 aliphatic rings. The molecule has 1 aromatic carbocycles. The molecule has 2 atom stereocenters. The van der Waals surface area contributed by atoms with Crippen LogP contribution in [0, 0.1) is 0 Å². The van der Waals surface area contributed by atoms with Crippen molar-refractivity contribution in [3.63, 3.8) is 0 Å². The van der Waals surface area contributed by atoms with Crippen LogP contribution in [0.3, 0.4) is 0 Å². The lowest BCUT2D eigenvalue weighted by atomic mass is 9.80. The Morgan fingerprint density at radius 1 is 1.17 bits per heavy atom. The number of nitrogens with zero attached hydrogens (tertiary/aromatic N) is 1. The van der Waals surface area contributed by atoms with Gasteiger partial charge in [-0.25, -0.2) is 0 Å². The Bertz CT molecular complexity index is 655. The fraction of sp³-hybridized carbons (Fsp3) is 0.526. The number of carboxylic acid groups (broad SMARTS) is 1. The molecule has 1 heterocycles. The number of benzene rings is 1. The average Bonchev–Trinajstić information content (AvgIpc) is 2.60. The molecule has 1 aromatic rings. The number of fused-ring (bicyclic) bond motifs is 1. The number of hydrogen-bond acceptors (Lipinski definition) is 3. The summed E-state index contributed by atoms with van der Waals surface area (Å²) in [6.45, 7) is 0.690. The molecule has 0 bridgehead atoms. The summed E-state index contributed by atoms with van der Waals surface area (Å²) in [6, 6.07) is 7.39. The third-order valence-corrected chi connectivity index (χ3v) is 5.20. The first-order valence-electron chi connectivity index (χ1n) is 8.72. The maximum absolute atomic E-state index is 13.1. The van der Waals surface area contributed by atoms with Gasteiger partial charge < -0.3 is 10.0 Å². The second kappa shape index (κ2) is 7.16. The quantitative estimate of drug-likeness (QED) is 0.921. The predicted molar refractivity (Wildman–Crippen MR) is 89.0 cm³/mol. The van der Waals surface area contributed by atoms with Crippen molar-refractivity contribution in [2.24, 2.45) is 0 Å². The van der Waals surface area contributed by atoms with Crippen molar-refractivity contribution < 1.29 is 19.5 Å². The Labute approximate surface area is 141 Å². The van der Waals surface area contributed by atoms with E-state index in [1.807, 2.05) is 23.1 Å². The summed E-state index contributed by atoms with van der Waals surface area (Å²) in [4.78, 5) is 38.0. The fourth-order valence-corrected chi connectivity index (χ4v) is 3.96. The van der Waals surface area contributed by atoms with Crippen LogP contribution in [0.2, 0.25) is 0 Å². The molecule has 1 N–H and O–H groups in total. The van der Waals surface area contributed by atoms with Crippen molar-refractivity contribution in [2.75, 3.05) is 6.54 Å². The molecule has 0 saturated carbocycles. The van der Waals surface area contributed by atoms with Gasteiger partial charge in [0, 0.05) is 31.0 Å². The summed E-state index contributed by atoms with van der Waals surface area (Å²) >= 11 is 0. The van der Waals surface area contributed by atoms with E-state index in [2.05, 4.69) is 0 Å². The summed E-state index contributed by atoms with van der Waals surface area (Å²) in [5.41, 5.74) is 1.50. The SMILES string of the molecule is O=C(O)CCC1CCCCN1C(=O)C1CCC(=O)c2ccccc21. The molecule has 24 heavy (non-hydrogen) atoms. The van der Waals surface area contributed by atoms with Crippen molar-refractivity contribution in [3.8, 4) is 0 Å². The largest absolute Gasteiger partial charge is 0.481 e. The van der Waals surface area contributed by atoms with Crippen molar-refractivity contribution in [1.82, 2.24) is 4.90 Å². The van der Waals surface area contributed by atoms with Crippen LogP contribution in [-0.4, -0.2) is 40.3 Å². The Balaban J connectivity index is 1.81. The first-order valence-corrected chi connectivity index (χ1v) is 8.72. The number of ketones is 1. The molecule has 0 spiro atoms. The average molecular weight is 329 g/mol. The smallest absolute Gasteiger partial charge is 0.303 e. The highest BCUT2D eigenvalue weighted by Gasteiger charge is 2.36. The predicted octanol–water partition coefficient (Wildman–Crippen LogP) is 2.99. The highest BCUT2D eigenvalue weighted by atomic mass is 16.4. The van der Waals surface area contributed by atoms with Crippen LogP contribution < -0.4 is 0 Å². The van der Waals surface area contributed by atoms with Crippen molar-refractivity contribution in [1.29, 1.82) is 0 Å². The van der Waals surface area contributed by atoms with Gasteiger partial charge in [0.05, 0.1) is 5.92 Å². The maximum Gasteiger partial charge on any atom is 0.303 e. The molecule has 1 aliphatic carbocycles. The van der Waals surface area contributed by atoms with Gasteiger partial charge in [-0.3, -0.25) is 14.4 Å². The Morgan fingerprint density at radius 2 is 1.96 bits per heavy atom.